The number of allylic oxidation sites excluding steroid dienone is 2. The molecule has 0 saturated heterocycles. The molecule has 0 amide bonds. The summed E-state index contributed by atoms with van der Waals surface area (Å²) in [7, 11) is 2.50. The van der Waals surface area contributed by atoms with Gasteiger partial charge >= 0.3 is 213 Å². The minimum Gasteiger partial charge on any atom is -0.147 e. The van der Waals surface area contributed by atoms with E-state index in [2.05, 4.69) is 96.0 Å². The smallest absolute Gasteiger partial charge is 0.147 e. The average molecular weight is 580 g/mol. The molecule has 2 aromatic rings. The number of aryl methyl sites for hydroxylation is 4. The summed E-state index contributed by atoms with van der Waals surface area (Å²) in [6.07, 6.45) is 12.9. The summed E-state index contributed by atoms with van der Waals surface area (Å²) in [5, 5.41) is 5.61. The van der Waals surface area contributed by atoms with Crippen LogP contribution in [0.5, 0.6) is 0 Å². The average Bonchev–Trinajstić information content (AvgIpc) is 3.38. The van der Waals surface area contributed by atoms with Gasteiger partial charge in [-0.05, 0) is 0 Å². The first-order valence-electron chi connectivity index (χ1n) is 13.7. The molecule has 0 spiro atoms. The number of benzene rings is 2. The molecule has 36 heavy (non-hydrogen) atoms. The number of hydrogen-bond donors (Lipinski definition) is 0. The standard InChI is InChI=1S/2C15H19.2CH3.2ClH.H2Si.Ti/c2*1-4-5-6-13-9-14-11(2)7-8-12(3)15(14)10-13;;;;;;/h2*7-10H,4-6H2,1-3H3;2*1H3;2*1H;1H2;. The van der Waals surface area contributed by atoms with Crippen LogP contribution in [0.2, 0.25) is 10.5 Å². The number of rotatable bonds is 8. The van der Waals surface area contributed by atoms with Crippen molar-refractivity contribution in [1.82, 2.24) is 0 Å². The molecule has 0 fully saturated rings. The Kier molecular flexibility index (Phi) is 10.3. The van der Waals surface area contributed by atoms with Gasteiger partial charge < -0.3 is 0 Å². The molecule has 2 aliphatic carbocycles. The Labute approximate surface area is 236 Å². The zero-order chi connectivity index (χ0) is 24.9. The van der Waals surface area contributed by atoms with Crippen molar-refractivity contribution in [3.63, 3.8) is 0 Å². The first-order chi connectivity index (χ1) is 16.0. The van der Waals surface area contributed by atoms with Crippen molar-refractivity contribution in [2.24, 2.45) is 0 Å². The van der Waals surface area contributed by atoms with E-state index in [1.807, 2.05) is 0 Å². The molecular formula is C32H48Cl2SiTi. The maximum atomic E-state index is 2.80. The Bertz CT molecular complexity index is 1170. The van der Waals surface area contributed by atoms with Gasteiger partial charge in [0.1, 0.15) is 0 Å². The summed E-state index contributed by atoms with van der Waals surface area (Å²) in [5.41, 5.74) is 15.9. The van der Waals surface area contributed by atoms with Crippen LogP contribution in [0.1, 0.15) is 105 Å². The molecule has 0 aliphatic heterocycles. The van der Waals surface area contributed by atoms with Crippen molar-refractivity contribution in [2.45, 2.75) is 99.0 Å². The zero-order valence-electron chi connectivity index (χ0n) is 23.9. The normalized spacial score (nSPS) is 18.6. The van der Waals surface area contributed by atoms with Gasteiger partial charge in [-0.15, -0.1) is 24.8 Å². The Morgan fingerprint density at radius 1 is 0.639 bits per heavy atom. The van der Waals surface area contributed by atoms with Crippen LogP contribution in [0.25, 0.3) is 12.2 Å². The summed E-state index contributed by atoms with van der Waals surface area (Å²) in [4.78, 5) is 0. The third-order valence-corrected chi connectivity index (χ3v) is 20.3. The van der Waals surface area contributed by atoms with Crippen LogP contribution in [-0.4, -0.2) is 7.63 Å². The van der Waals surface area contributed by atoms with Gasteiger partial charge in [-0.2, -0.15) is 0 Å². The molecular weight excluding hydrogens is 531 g/mol. The third-order valence-electron chi connectivity index (χ3n) is 8.96. The molecule has 2 aliphatic rings. The Hall–Kier alpha value is -0.569. The predicted octanol–water partition coefficient (Wildman–Crippen LogP) is 10.1. The van der Waals surface area contributed by atoms with Crippen LogP contribution in [0.15, 0.2) is 35.4 Å². The zero-order valence-corrected chi connectivity index (χ0v) is 28.5. The predicted molar refractivity (Wildman–Crippen MR) is 167 cm³/mol. The second-order valence-electron chi connectivity index (χ2n) is 12.5. The fraction of sp³-hybridized carbons (Fsp3) is 0.500. The summed E-state index contributed by atoms with van der Waals surface area (Å²) in [6.45, 7) is 14.1. The molecule has 4 rings (SSSR count). The van der Waals surface area contributed by atoms with E-state index in [0.29, 0.717) is 8.45 Å². The monoisotopic (exact) mass is 578 g/mol. The molecule has 2 atom stereocenters. The van der Waals surface area contributed by atoms with Crippen molar-refractivity contribution in [2.75, 3.05) is 0 Å². The first kappa shape index (κ1) is 31.6. The minimum atomic E-state index is -3.21. The number of hydrogen-bond acceptors (Lipinski definition) is 0. The van der Waals surface area contributed by atoms with Crippen LogP contribution >= 0.6 is 24.8 Å². The van der Waals surface area contributed by atoms with E-state index in [-0.39, 0.29) is 24.8 Å². The fourth-order valence-electron chi connectivity index (χ4n) is 7.29. The summed E-state index contributed by atoms with van der Waals surface area (Å²) in [6, 6.07) is 9.49. The SMILES string of the molecule is CCCCC1=Cc2c(C)ccc(C)c2[CH]1[Ti]([CH3])([CH3])(=[SiH2])[CH]1C(CCCC)=Cc2c(C)ccc(C)c21.Cl.Cl. The number of fused-ring (bicyclic) bond motifs is 2. The van der Waals surface area contributed by atoms with Gasteiger partial charge in [-0.25, -0.2) is 0 Å². The van der Waals surface area contributed by atoms with Crippen molar-refractivity contribution < 1.29 is 14.0 Å². The first-order valence-corrected chi connectivity index (χ1v) is 22.6. The second-order valence-corrected chi connectivity index (χ2v) is 32.7. The molecule has 0 nitrogen and oxygen atoms in total. The molecule has 0 N–H and O–H groups in total. The maximum Gasteiger partial charge on any atom is -0.147 e. The molecule has 2 unspecified atom stereocenters. The van der Waals surface area contributed by atoms with Crippen LogP contribution in [0.3, 0.4) is 0 Å². The van der Waals surface area contributed by atoms with E-state index in [4.69, 9.17) is 0 Å². The van der Waals surface area contributed by atoms with Crippen molar-refractivity contribution in [3.05, 3.63) is 79.9 Å². The van der Waals surface area contributed by atoms with E-state index >= 15 is 0 Å². The van der Waals surface area contributed by atoms with E-state index in [0.717, 1.165) is 0 Å². The van der Waals surface area contributed by atoms with Gasteiger partial charge in [0.05, 0.1) is 0 Å². The van der Waals surface area contributed by atoms with Crippen LogP contribution in [0, 0.1) is 27.7 Å². The Morgan fingerprint density at radius 2 is 0.972 bits per heavy atom. The van der Waals surface area contributed by atoms with Gasteiger partial charge in [0.25, 0.3) is 0 Å². The minimum absolute atomic E-state index is 0. The summed E-state index contributed by atoms with van der Waals surface area (Å²) in [5.74, 6) is 0. The molecule has 0 radical (unpaired) electrons. The topological polar surface area (TPSA) is 0 Å². The molecule has 0 bridgehead atoms. The van der Waals surface area contributed by atoms with E-state index in [9.17, 15) is 0 Å². The van der Waals surface area contributed by atoms with E-state index < -0.39 is 14.0 Å². The van der Waals surface area contributed by atoms with E-state index in [1.54, 1.807) is 33.4 Å². The number of halogens is 2. The molecule has 4 heteroatoms. The third kappa shape index (κ3) is 5.30. The van der Waals surface area contributed by atoms with Crippen LogP contribution < -0.4 is 0 Å². The van der Waals surface area contributed by atoms with Crippen LogP contribution in [-0.2, 0) is 14.0 Å². The molecule has 0 saturated carbocycles. The maximum absolute atomic E-state index is 3.21. The molecule has 198 valence electrons. The van der Waals surface area contributed by atoms with E-state index in [1.165, 1.54) is 60.8 Å². The van der Waals surface area contributed by atoms with Gasteiger partial charge in [-0.3, -0.25) is 0 Å². The second kappa shape index (κ2) is 11.7. The van der Waals surface area contributed by atoms with Gasteiger partial charge in [-0.1, -0.05) is 0 Å². The largest absolute Gasteiger partial charge is 0.147 e. The summed E-state index contributed by atoms with van der Waals surface area (Å²) >= 11 is -3.21. The van der Waals surface area contributed by atoms with Crippen LogP contribution in [0.4, 0.5) is 0 Å². The van der Waals surface area contributed by atoms with Crippen molar-refractivity contribution in [3.8, 4) is 0 Å². The van der Waals surface area contributed by atoms with Crippen molar-refractivity contribution in [1.29, 1.82) is 0 Å². The molecule has 0 aromatic heterocycles. The van der Waals surface area contributed by atoms with Gasteiger partial charge in [0.15, 0.2) is 0 Å². The van der Waals surface area contributed by atoms with Gasteiger partial charge in [0.2, 0.25) is 0 Å². The number of unbranched alkanes of at least 4 members (excludes halogenated alkanes) is 2. The van der Waals surface area contributed by atoms with Crippen molar-refractivity contribution >= 4 is 44.6 Å². The molecule has 2 aromatic carbocycles. The quantitative estimate of drug-likeness (QED) is 0.273. The summed E-state index contributed by atoms with van der Waals surface area (Å²) < 4.78 is 1.27. The van der Waals surface area contributed by atoms with Gasteiger partial charge in [0, 0.05) is 0 Å². The molecule has 0 heterocycles. The Morgan fingerprint density at radius 3 is 1.31 bits per heavy atom. The fourth-order valence-corrected chi connectivity index (χ4v) is 20.3. The Balaban J connectivity index is 0.00000228.